The summed E-state index contributed by atoms with van der Waals surface area (Å²) in [4.78, 5) is 9.58. The number of hydrogen-bond donors (Lipinski definition) is 1. The molecule has 0 amide bonds. The van der Waals surface area contributed by atoms with E-state index in [4.69, 9.17) is 0 Å². The van der Waals surface area contributed by atoms with Crippen LogP contribution in [0.5, 0.6) is 0 Å². The monoisotopic (exact) mass is 463 g/mol. The van der Waals surface area contributed by atoms with Crippen LogP contribution < -0.4 is 4.90 Å². The van der Waals surface area contributed by atoms with Crippen molar-refractivity contribution in [3.8, 4) is 6.07 Å². The zero-order valence-electron chi connectivity index (χ0n) is 19.0. The van der Waals surface area contributed by atoms with Crippen molar-refractivity contribution in [3.63, 3.8) is 0 Å². The maximum Gasteiger partial charge on any atom is 0.214 e. The Morgan fingerprint density at radius 3 is 2.70 bits per heavy atom. The molecular weight excluding hydrogens is 434 g/mol. The van der Waals surface area contributed by atoms with E-state index in [9.17, 15) is 13.7 Å². The topological polar surface area (TPSA) is 93.1 Å². The Balaban J connectivity index is 1.83. The first kappa shape index (κ1) is 23.0. The summed E-state index contributed by atoms with van der Waals surface area (Å²) in [6.07, 6.45) is 4.05. The Bertz CT molecular complexity index is 1220. The van der Waals surface area contributed by atoms with E-state index in [-0.39, 0.29) is 24.3 Å². The van der Waals surface area contributed by atoms with Gasteiger partial charge in [0.1, 0.15) is 0 Å². The van der Waals surface area contributed by atoms with E-state index < -0.39 is 10.0 Å². The van der Waals surface area contributed by atoms with Crippen LogP contribution in [0, 0.1) is 11.3 Å². The van der Waals surface area contributed by atoms with Crippen molar-refractivity contribution in [1.82, 2.24) is 14.3 Å². The lowest BCUT2D eigenvalue weighted by atomic mass is 9.93. The number of hydrogen-bond acceptors (Lipinski definition) is 5. The maximum absolute atomic E-state index is 13.5. The Kier molecular flexibility index (Phi) is 6.82. The fourth-order valence-electron chi connectivity index (χ4n) is 4.58. The third kappa shape index (κ3) is 4.95. The van der Waals surface area contributed by atoms with Gasteiger partial charge < -0.3 is 9.88 Å². The van der Waals surface area contributed by atoms with Gasteiger partial charge in [0.25, 0.3) is 0 Å². The first-order valence-electron chi connectivity index (χ1n) is 11.2. The molecule has 3 aromatic rings. The summed E-state index contributed by atoms with van der Waals surface area (Å²) in [7, 11) is -3.50. The molecule has 1 aliphatic heterocycles. The number of anilines is 1. The van der Waals surface area contributed by atoms with E-state index in [0.29, 0.717) is 25.1 Å². The minimum absolute atomic E-state index is 0.0238. The van der Waals surface area contributed by atoms with Gasteiger partial charge in [0, 0.05) is 31.0 Å². The zero-order chi connectivity index (χ0) is 23.4. The second kappa shape index (κ2) is 9.77. The van der Waals surface area contributed by atoms with Gasteiger partial charge in [-0.2, -0.15) is 9.57 Å². The lowest BCUT2D eigenvalue weighted by Crippen LogP contribution is -2.47. The molecule has 0 fully saturated rings. The molecule has 1 aromatic heterocycles. The first-order valence-corrected chi connectivity index (χ1v) is 12.8. The third-order valence-electron chi connectivity index (χ3n) is 6.28. The van der Waals surface area contributed by atoms with Crippen molar-refractivity contribution in [3.05, 3.63) is 83.4 Å². The number of nitriles is 1. The van der Waals surface area contributed by atoms with Gasteiger partial charge in [0.15, 0.2) is 0 Å². The highest BCUT2D eigenvalue weighted by Gasteiger charge is 2.38. The van der Waals surface area contributed by atoms with Crippen molar-refractivity contribution >= 4 is 15.7 Å². The van der Waals surface area contributed by atoms with Gasteiger partial charge in [0.2, 0.25) is 10.0 Å². The van der Waals surface area contributed by atoms with Crippen molar-refractivity contribution in [2.24, 2.45) is 0 Å². The maximum atomic E-state index is 13.5. The van der Waals surface area contributed by atoms with Crippen molar-refractivity contribution in [2.45, 2.75) is 45.3 Å². The SMILES string of the molecule is CCCS(=O)(=O)N1Cc2cc(C#N)ccc2N(Cc2c[nH]cn2)CC1[C@@H](C)c1ccccc1. The Hall–Kier alpha value is -3.15. The molecule has 0 spiro atoms. The summed E-state index contributed by atoms with van der Waals surface area (Å²) in [6.45, 7) is 5.29. The molecule has 4 rings (SSSR count). The number of benzene rings is 2. The molecule has 2 heterocycles. The smallest absolute Gasteiger partial charge is 0.214 e. The van der Waals surface area contributed by atoms with Gasteiger partial charge >= 0.3 is 0 Å². The van der Waals surface area contributed by atoms with Crippen LogP contribution in [0.15, 0.2) is 61.1 Å². The average molecular weight is 464 g/mol. The molecule has 2 aromatic carbocycles. The molecule has 33 heavy (non-hydrogen) atoms. The molecule has 172 valence electrons. The second-order valence-electron chi connectivity index (χ2n) is 8.52. The minimum atomic E-state index is -3.50. The number of fused-ring (bicyclic) bond motifs is 1. The Morgan fingerprint density at radius 1 is 1.24 bits per heavy atom. The van der Waals surface area contributed by atoms with Crippen molar-refractivity contribution in [2.75, 3.05) is 17.2 Å². The van der Waals surface area contributed by atoms with Crippen LogP contribution in [0.25, 0.3) is 0 Å². The number of H-pyrrole nitrogens is 1. The molecule has 2 atom stereocenters. The molecule has 0 aliphatic carbocycles. The standard InChI is InChI=1S/C25H29N5O2S/c1-3-11-33(31,32)30-15-22-12-20(13-26)9-10-24(22)29(16-23-14-27-18-28-23)17-25(30)19(2)21-7-5-4-6-8-21/h4-10,12,14,18-19,25H,3,11,15-17H2,1-2H3,(H,27,28)/t19-,25?/m0/s1. The molecule has 1 unspecified atom stereocenters. The highest BCUT2D eigenvalue weighted by molar-refractivity contribution is 7.89. The molecule has 0 saturated carbocycles. The van der Waals surface area contributed by atoms with E-state index in [0.717, 1.165) is 22.5 Å². The van der Waals surface area contributed by atoms with Gasteiger partial charge in [-0.1, -0.05) is 44.2 Å². The second-order valence-corrected chi connectivity index (χ2v) is 10.6. The number of sulfonamides is 1. The summed E-state index contributed by atoms with van der Waals surface area (Å²) < 4.78 is 28.7. The van der Waals surface area contributed by atoms with Crippen LogP contribution in [0.1, 0.15) is 48.6 Å². The highest BCUT2D eigenvalue weighted by Crippen LogP contribution is 2.35. The number of nitrogens with zero attached hydrogens (tertiary/aromatic N) is 4. The molecule has 8 heteroatoms. The van der Waals surface area contributed by atoms with Gasteiger partial charge in [-0.3, -0.25) is 0 Å². The van der Waals surface area contributed by atoms with Gasteiger partial charge in [-0.05, 0) is 41.7 Å². The normalized spacial score (nSPS) is 17.7. The predicted molar refractivity (Wildman–Crippen MR) is 129 cm³/mol. The fourth-order valence-corrected chi connectivity index (χ4v) is 6.33. The lowest BCUT2D eigenvalue weighted by Gasteiger charge is -2.36. The molecular formula is C25H29N5O2S. The number of rotatable bonds is 7. The largest absolute Gasteiger partial charge is 0.364 e. The van der Waals surface area contributed by atoms with Crippen LogP contribution in [0.3, 0.4) is 0 Å². The molecule has 0 radical (unpaired) electrons. The highest BCUT2D eigenvalue weighted by atomic mass is 32.2. The van der Waals surface area contributed by atoms with E-state index in [1.165, 1.54) is 0 Å². The van der Waals surface area contributed by atoms with Crippen LogP contribution in [0.4, 0.5) is 5.69 Å². The zero-order valence-corrected chi connectivity index (χ0v) is 19.8. The Morgan fingerprint density at radius 2 is 2.03 bits per heavy atom. The third-order valence-corrected chi connectivity index (χ3v) is 8.32. The van der Waals surface area contributed by atoms with E-state index in [1.54, 1.807) is 16.7 Å². The van der Waals surface area contributed by atoms with Crippen LogP contribution in [0.2, 0.25) is 0 Å². The minimum Gasteiger partial charge on any atom is -0.364 e. The average Bonchev–Trinajstić information content (AvgIpc) is 3.27. The van der Waals surface area contributed by atoms with Gasteiger partial charge in [0.05, 0.1) is 36.0 Å². The molecule has 1 aliphatic rings. The number of imidazole rings is 1. The fraction of sp³-hybridized carbons (Fsp3) is 0.360. The summed E-state index contributed by atoms with van der Waals surface area (Å²) in [5.74, 6) is 0.0711. The van der Waals surface area contributed by atoms with Crippen molar-refractivity contribution < 1.29 is 8.42 Å². The first-order chi connectivity index (χ1) is 15.9. The molecule has 0 bridgehead atoms. The molecule has 7 nitrogen and oxygen atoms in total. The number of aromatic nitrogens is 2. The van der Waals surface area contributed by atoms with E-state index >= 15 is 0 Å². The van der Waals surface area contributed by atoms with E-state index in [1.807, 2.05) is 43.5 Å². The van der Waals surface area contributed by atoms with E-state index in [2.05, 4.69) is 40.0 Å². The molecule has 0 saturated heterocycles. The van der Waals surface area contributed by atoms with Crippen LogP contribution >= 0.6 is 0 Å². The summed E-state index contributed by atoms with van der Waals surface area (Å²) in [5, 5.41) is 9.47. The summed E-state index contributed by atoms with van der Waals surface area (Å²) >= 11 is 0. The number of aromatic amines is 1. The predicted octanol–water partition coefficient (Wildman–Crippen LogP) is 4.02. The Labute approximate surface area is 195 Å². The quantitative estimate of drug-likeness (QED) is 0.571. The lowest BCUT2D eigenvalue weighted by molar-refractivity contribution is 0.288. The molecule has 1 N–H and O–H groups in total. The van der Waals surface area contributed by atoms with Crippen LogP contribution in [-0.2, 0) is 23.1 Å². The van der Waals surface area contributed by atoms with Gasteiger partial charge in [-0.25, -0.2) is 13.4 Å². The van der Waals surface area contributed by atoms with Gasteiger partial charge in [-0.15, -0.1) is 0 Å². The number of nitrogens with one attached hydrogen (secondary N) is 1. The summed E-state index contributed by atoms with van der Waals surface area (Å²) in [6, 6.07) is 17.5. The van der Waals surface area contributed by atoms with Crippen molar-refractivity contribution in [1.29, 1.82) is 5.26 Å². The summed E-state index contributed by atoms with van der Waals surface area (Å²) in [5.41, 5.74) is 4.28. The van der Waals surface area contributed by atoms with Crippen LogP contribution in [-0.4, -0.2) is 41.0 Å².